The van der Waals surface area contributed by atoms with Crippen molar-refractivity contribution in [3.63, 3.8) is 0 Å². The van der Waals surface area contributed by atoms with Gasteiger partial charge in [-0.1, -0.05) is 6.07 Å². The standard InChI is InChI=1S/C11H15NO3S/c1-15-8-4-3-5-9(16-2)10(8)7(6-12)11(13)14/h3-5,7H,6,12H2,1-2H3,(H,13,14). The number of hydrogen-bond donors (Lipinski definition) is 2. The third-order valence-electron chi connectivity index (χ3n) is 2.35. The number of aliphatic carboxylic acids is 1. The van der Waals surface area contributed by atoms with Crippen LogP contribution < -0.4 is 10.5 Å². The Labute approximate surface area is 98.8 Å². The summed E-state index contributed by atoms with van der Waals surface area (Å²) in [5.74, 6) is -1.08. The second-order valence-electron chi connectivity index (χ2n) is 3.20. The molecule has 0 bridgehead atoms. The summed E-state index contributed by atoms with van der Waals surface area (Å²) in [6.45, 7) is 0.0588. The lowest BCUT2D eigenvalue weighted by Crippen LogP contribution is -2.22. The molecule has 0 aliphatic carbocycles. The lowest BCUT2D eigenvalue weighted by atomic mass is 9.98. The van der Waals surface area contributed by atoms with Gasteiger partial charge >= 0.3 is 5.97 Å². The number of rotatable bonds is 5. The molecular formula is C11H15NO3S. The Morgan fingerprint density at radius 1 is 1.62 bits per heavy atom. The van der Waals surface area contributed by atoms with E-state index in [0.717, 1.165) is 4.90 Å². The van der Waals surface area contributed by atoms with Gasteiger partial charge in [0.15, 0.2) is 0 Å². The molecular weight excluding hydrogens is 226 g/mol. The van der Waals surface area contributed by atoms with Crippen molar-refractivity contribution >= 4 is 17.7 Å². The van der Waals surface area contributed by atoms with Crippen LogP contribution in [0.2, 0.25) is 0 Å². The molecule has 0 fully saturated rings. The van der Waals surface area contributed by atoms with Gasteiger partial charge in [0, 0.05) is 17.0 Å². The fourth-order valence-electron chi connectivity index (χ4n) is 1.57. The Balaban J connectivity index is 3.31. The first-order chi connectivity index (χ1) is 7.65. The van der Waals surface area contributed by atoms with E-state index < -0.39 is 11.9 Å². The maximum Gasteiger partial charge on any atom is 0.312 e. The summed E-state index contributed by atoms with van der Waals surface area (Å²) in [5.41, 5.74) is 6.17. The van der Waals surface area contributed by atoms with Crippen molar-refractivity contribution in [2.45, 2.75) is 10.8 Å². The van der Waals surface area contributed by atoms with Gasteiger partial charge in [0.05, 0.1) is 13.0 Å². The SMILES string of the molecule is COc1cccc(SC)c1C(CN)C(=O)O. The van der Waals surface area contributed by atoms with E-state index in [9.17, 15) is 4.79 Å². The quantitative estimate of drug-likeness (QED) is 0.765. The number of nitrogens with two attached hydrogens (primary N) is 1. The minimum absolute atomic E-state index is 0.0588. The van der Waals surface area contributed by atoms with Crippen molar-refractivity contribution in [3.05, 3.63) is 23.8 Å². The van der Waals surface area contributed by atoms with Crippen LogP contribution in [-0.4, -0.2) is 31.0 Å². The molecule has 1 unspecified atom stereocenters. The fourth-order valence-corrected chi connectivity index (χ4v) is 2.24. The van der Waals surface area contributed by atoms with E-state index >= 15 is 0 Å². The largest absolute Gasteiger partial charge is 0.496 e. The highest BCUT2D eigenvalue weighted by Gasteiger charge is 2.24. The average molecular weight is 241 g/mol. The van der Waals surface area contributed by atoms with Crippen LogP contribution in [0.25, 0.3) is 0 Å². The zero-order valence-electron chi connectivity index (χ0n) is 9.27. The summed E-state index contributed by atoms with van der Waals surface area (Å²) >= 11 is 1.49. The fraction of sp³-hybridized carbons (Fsp3) is 0.364. The molecule has 88 valence electrons. The Morgan fingerprint density at radius 3 is 2.75 bits per heavy atom. The van der Waals surface area contributed by atoms with Crippen LogP contribution in [-0.2, 0) is 4.79 Å². The Kier molecular flexibility index (Phi) is 4.64. The monoisotopic (exact) mass is 241 g/mol. The van der Waals surface area contributed by atoms with Gasteiger partial charge in [0.1, 0.15) is 5.75 Å². The number of carboxylic acid groups (broad SMARTS) is 1. The van der Waals surface area contributed by atoms with Crippen LogP contribution in [0.3, 0.4) is 0 Å². The highest BCUT2D eigenvalue weighted by atomic mass is 32.2. The molecule has 1 aromatic carbocycles. The van der Waals surface area contributed by atoms with Gasteiger partial charge in [-0.2, -0.15) is 0 Å². The van der Waals surface area contributed by atoms with Crippen LogP contribution >= 0.6 is 11.8 Å². The van der Waals surface area contributed by atoms with Crippen LogP contribution in [0.4, 0.5) is 0 Å². The van der Waals surface area contributed by atoms with Crippen molar-refractivity contribution in [2.24, 2.45) is 5.73 Å². The van der Waals surface area contributed by atoms with Gasteiger partial charge in [-0.25, -0.2) is 0 Å². The van der Waals surface area contributed by atoms with E-state index in [1.807, 2.05) is 18.4 Å². The second-order valence-corrected chi connectivity index (χ2v) is 4.05. The summed E-state index contributed by atoms with van der Waals surface area (Å²) in [7, 11) is 1.53. The van der Waals surface area contributed by atoms with E-state index in [4.69, 9.17) is 15.6 Å². The summed E-state index contributed by atoms with van der Waals surface area (Å²) in [4.78, 5) is 12.0. The van der Waals surface area contributed by atoms with Gasteiger partial charge in [-0.3, -0.25) is 4.79 Å². The lowest BCUT2D eigenvalue weighted by Gasteiger charge is -2.17. The molecule has 1 rings (SSSR count). The second kappa shape index (κ2) is 5.77. The number of carbonyl (C=O) groups is 1. The smallest absolute Gasteiger partial charge is 0.312 e. The Hall–Kier alpha value is -1.20. The zero-order chi connectivity index (χ0) is 12.1. The van der Waals surface area contributed by atoms with E-state index in [-0.39, 0.29) is 6.54 Å². The van der Waals surface area contributed by atoms with Gasteiger partial charge < -0.3 is 15.6 Å². The highest BCUT2D eigenvalue weighted by molar-refractivity contribution is 7.98. The molecule has 1 atom stereocenters. The van der Waals surface area contributed by atoms with Crippen molar-refractivity contribution in [1.29, 1.82) is 0 Å². The third kappa shape index (κ3) is 2.48. The Morgan fingerprint density at radius 2 is 2.31 bits per heavy atom. The van der Waals surface area contributed by atoms with Crippen LogP contribution in [0.1, 0.15) is 11.5 Å². The van der Waals surface area contributed by atoms with Gasteiger partial charge in [0.2, 0.25) is 0 Å². The summed E-state index contributed by atoms with van der Waals surface area (Å²) in [6, 6.07) is 5.46. The molecule has 0 spiro atoms. The van der Waals surface area contributed by atoms with Crippen LogP contribution in [0.15, 0.2) is 23.1 Å². The van der Waals surface area contributed by atoms with E-state index in [1.165, 1.54) is 18.9 Å². The number of thioether (sulfide) groups is 1. The maximum atomic E-state index is 11.1. The first-order valence-corrected chi connectivity index (χ1v) is 6.02. The van der Waals surface area contributed by atoms with Crippen molar-refractivity contribution in [3.8, 4) is 5.75 Å². The minimum Gasteiger partial charge on any atom is -0.496 e. The third-order valence-corrected chi connectivity index (χ3v) is 3.14. The predicted molar refractivity (Wildman–Crippen MR) is 64.2 cm³/mol. The average Bonchev–Trinajstić information content (AvgIpc) is 2.29. The highest BCUT2D eigenvalue weighted by Crippen LogP contribution is 2.34. The number of hydrogen-bond acceptors (Lipinski definition) is 4. The minimum atomic E-state index is -0.928. The lowest BCUT2D eigenvalue weighted by molar-refractivity contribution is -0.138. The molecule has 0 heterocycles. The summed E-state index contributed by atoms with van der Waals surface area (Å²) in [5, 5.41) is 9.12. The summed E-state index contributed by atoms with van der Waals surface area (Å²) < 4.78 is 5.19. The predicted octanol–water partition coefficient (Wildman–Crippen LogP) is 1.54. The van der Waals surface area contributed by atoms with Crippen molar-refractivity contribution < 1.29 is 14.6 Å². The molecule has 5 heteroatoms. The van der Waals surface area contributed by atoms with Crippen LogP contribution in [0.5, 0.6) is 5.75 Å². The molecule has 0 saturated carbocycles. The van der Waals surface area contributed by atoms with E-state index in [1.54, 1.807) is 6.07 Å². The van der Waals surface area contributed by atoms with Crippen molar-refractivity contribution in [1.82, 2.24) is 0 Å². The topological polar surface area (TPSA) is 72.5 Å². The maximum absolute atomic E-state index is 11.1. The van der Waals surface area contributed by atoms with Gasteiger partial charge in [0.25, 0.3) is 0 Å². The molecule has 0 saturated heterocycles. The molecule has 16 heavy (non-hydrogen) atoms. The number of methoxy groups -OCH3 is 1. The first kappa shape index (κ1) is 12.9. The van der Waals surface area contributed by atoms with Gasteiger partial charge in [-0.15, -0.1) is 11.8 Å². The molecule has 1 aromatic rings. The number of ether oxygens (including phenoxy) is 1. The number of benzene rings is 1. The van der Waals surface area contributed by atoms with E-state index in [2.05, 4.69) is 0 Å². The molecule has 0 aliphatic heterocycles. The zero-order valence-corrected chi connectivity index (χ0v) is 10.1. The molecule has 0 aliphatic rings. The molecule has 4 nitrogen and oxygen atoms in total. The van der Waals surface area contributed by atoms with Crippen molar-refractivity contribution in [2.75, 3.05) is 19.9 Å². The van der Waals surface area contributed by atoms with Crippen LogP contribution in [0, 0.1) is 0 Å². The Bertz CT molecular complexity index is 359. The molecule has 0 aromatic heterocycles. The molecule has 3 N–H and O–H groups in total. The molecule has 0 radical (unpaired) electrons. The number of carboxylic acids is 1. The van der Waals surface area contributed by atoms with E-state index in [0.29, 0.717) is 11.3 Å². The summed E-state index contributed by atoms with van der Waals surface area (Å²) in [6.07, 6.45) is 1.90. The normalized spacial score (nSPS) is 12.2. The first-order valence-electron chi connectivity index (χ1n) is 4.79. The van der Waals surface area contributed by atoms with Gasteiger partial charge in [-0.05, 0) is 18.4 Å². The molecule has 0 amide bonds.